The summed E-state index contributed by atoms with van der Waals surface area (Å²) in [5, 5.41) is 3.18. The molecule has 0 aliphatic rings. The molecule has 18 heavy (non-hydrogen) atoms. The molecule has 0 radical (unpaired) electrons. The van der Waals surface area contributed by atoms with E-state index in [0.29, 0.717) is 5.82 Å². The zero-order chi connectivity index (χ0) is 13.0. The van der Waals surface area contributed by atoms with E-state index in [4.69, 9.17) is 9.47 Å². The Hall–Kier alpha value is -2.30. The second-order valence-corrected chi connectivity index (χ2v) is 3.74. The number of anilines is 2. The summed E-state index contributed by atoms with van der Waals surface area (Å²) in [5.41, 5.74) is 1.70. The van der Waals surface area contributed by atoms with Gasteiger partial charge in [0.1, 0.15) is 23.6 Å². The molecule has 1 aromatic carbocycles. The van der Waals surface area contributed by atoms with Crippen molar-refractivity contribution in [1.29, 1.82) is 0 Å². The lowest BCUT2D eigenvalue weighted by atomic mass is 10.2. The number of nitrogens with zero attached hydrogens (tertiary/aromatic N) is 2. The molecule has 2 aromatic rings. The molecular formula is C13H15N3O2. The van der Waals surface area contributed by atoms with Crippen molar-refractivity contribution in [3.8, 4) is 11.5 Å². The first-order valence-electron chi connectivity index (χ1n) is 5.50. The fourth-order valence-corrected chi connectivity index (χ4v) is 1.57. The Balaban J connectivity index is 2.32. The summed E-state index contributed by atoms with van der Waals surface area (Å²) >= 11 is 0. The van der Waals surface area contributed by atoms with Gasteiger partial charge >= 0.3 is 0 Å². The van der Waals surface area contributed by atoms with E-state index in [1.165, 1.54) is 6.33 Å². The zero-order valence-corrected chi connectivity index (χ0v) is 10.6. The summed E-state index contributed by atoms with van der Waals surface area (Å²) in [6.45, 7) is 1.91. The third kappa shape index (κ3) is 2.68. The van der Waals surface area contributed by atoms with Gasteiger partial charge in [0.2, 0.25) is 0 Å². The first-order chi connectivity index (χ1) is 8.72. The summed E-state index contributed by atoms with van der Waals surface area (Å²) in [6.07, 6.45) is 1.52. The van der Waals surface area contributed by atoms with E-state index in [-0.39, 0.29) is 0 Å². The number of benzene rings is 1. The summed E-state index contributed by atoms with van der Waals surface area (Å²) < 4.78 is 10.5. The van der Waals surface area contributed by atoms with Crippen LogP contribution in [-0.4, -0.2) is 24.2 Å². The SMILES string of the molecule is COc1ccc(OC)c(Nc2cc(C)ncn2)c1. The van der Waals surface area contributed by atoms with E-state index in [1.807, 2.05) is 31.2 Å². The molecule has 1 heterocycles. The molecule has 0 fully saturated rings. The van der Waals surface area contributed by atoms with Crippen LogP contribution in [0.2, 0.25) is 0 Å². The van der Waals surface area contributed by atoms with Crippen LogP contribution in [0, 0.1) is 6.92 Å². The van der Waals surface area contributed by atoms with Crippen LogP contribution >= 0.6 is 0 Å². The number of hydrogen-bond donors (Lipinski definition) is 1. The topological polar surface area (TPSA) is 56.3 Å². The molecule has 0 spiro atoms. The maximum atomic E-state index is 5.29. The van der Waals surface area contributed by atoms with Crippen molar-refractivity contribution in [2.45, 2.75) is 6.92 Å². The maximum absolute atomic E-state index is 5.29. The number of hydrogen-bond acceptors (Lipinski definition) is 5. The van der Waals surface area contributed by atoms with Crippen LogP contribution in [0.1, 0.15) is 5.69 Å². The molecule has 0 saturated heterocycles. The van der Waals surface area contributed by atoms with Gasteiger partial charge in [-0.25, -0.2) is 9.97 Å². The predicted molar refractivity (Wildman–Crippen MR) is 69.6 cm³/mol. The highest BCUT2D eigenvalue weighted by atomic mass is 16.5. The third-order valence-electron chi connectivity index (χ3n) is 2.47. The van der Waals surface area contributed by atoms with Crippen LogP contribution in [0.25, 0.3) is 0 Å². The lowest BCUT2D eigenvalue weighted by Crippen LogP contribution is -1.98. The van der Waals surface area contributed by atoms with Gasteiger partial charge in [0.05, 0.1) is 19.9 Å². The highest BCUT2D eigenvalue weighted by Gasteiger charge is 2.06. The van der Waals surface area contributed by atoms with Gasteiger partial charge < -0.3 is 14.8 Å². The predicted octanol–water partition coefficient (Wildman–Crippen LogP) is 2.55. The van der Waals surface area contributed by atoms with Crippen LogP contribution in [0.15, 0.2) is 30.6 Å². The van der Waals surface area contributed by atoms with E-state index in [1.54, 1.807) is 14.2 Å². The maximum Gasteiger partial charge on any atom is 0.142 e. The zero-order valence-electron chi connectivity index (χ0n) is 10.6. The molecule has 1 N–H and O–H groups in total. The smallest absolute Gasteiger partial charge is 0.142 e. The van der Waals surface area contributed by atoms with Gasteiger partial charge in [-0.15, -0.1) is 0 Å². The standard InChI is InChI=1S/C13H15N3O2/c1-9-6-13(15-8-14-9)16-11-7-10(17-2)4-5-12(11)18-3/h4-8H,1-3H3,(H,14,15,16). The summed E-state index contributed by atoms with van der Waals surface area (Å²) in [4.78, 5) is 8.20. The summed E-state index contributed by atoms with van der Waals surface area (Å²) in [5.74, 6) is 2.20. The Morgan fingerprint density at radius 3 is 2.56 bits per heavy atom. The van der Waals surface area contributed by atoms with E-state index < -0.39 is 0 Å². The molecular weight excluding hydrogens is 230 g/mol. The summed E-state index contributed by atoms with van der Waals surface area (Å²) in [6, 6.07) is 7.40. The van der Waals surface area contributed by atoms with Gasteiger partial charge in [0, 0.05) is 17.8 Å². The van der Waals surface area contributed by atoms with Crippen molar-refractivity contribution in [3.63, 3.8) is 0 Å². The van der Waals surface area contributed by atoms with Crippen molar-refractivity contribution in [2.75, 3.05) is 19.5 Å². The molecule has 2 rings (SSSR count). The minimum Gasteiger partial charge on any atom is -0.497 e. The number of aromatic nitrogens is 2. The molecule has 0 aliphatic heterocycles. The van der Waals surface area contributed by atoms with Gasteiger partial charge in [-0.3, -0.25) is 0 Å². The highest BCUT2D eigenvalue weighted by Crippen LogP contribution is 2.30. The van der Waals surface area contributed by atoms with Crippen LogP contribution in [0.3, 0.4) is 0 Å². The molecule has 5 heteroatoms. The van der Waals surface area contributed by atoms with E-state index in [9.17, 15) is 0 Å². The number of rotatable bonds is 4. The number of ether oxygens (including phenoxy) is 2. The van der Waals surface area contributed by atoms with Gasteiger partial charge in [-0.2, -0.15) is 0 Å². The van der Waals surface area contributed by atoms with E-state index in [2.05, 4.69) is 15.3 Å². The Labute approximate surface area is 106 Å². The molecule has 5 nitrogen and oxygen atoms in total. The van der Waals surface area contributed by atoms with Crippen molar-refractivity contribution in [1.82, 2.24) is 9.97 Å². The third-order valence-corrected chi connectivity index (χ3v) is 2.47. The van der Waals surface area contributed by atoms with Crippen molar-refractivity contribution in [3.05, 3.63) is 36.3 Å². The number of aryl methyl sites for hydroxylation is 1. The fraction of sp³-hybridized carbons (Fsp3) is 0.231. The molecule has 1 aromatic heterocycles. The molecule has 0 amide bonds. The molecule has 0 bridgehead atoms. The minimum atomic E-state index is 0.717. The summed E-state index contributed by atoms with van der Waals surface area (Å²) in [7, 11) is 3.25. The monoisotopic (exact) mass is 245 g/mol. The molecule has 0 aliphatic carbocycles. The Bertz CT molecular complexity index is 544. The quantitative estimate of drug-likeness (QED) is 0.897. The number of methoxy groups -OCH3 is 2. The first-order valence-corrected chi connectivity index (χ1v) is 5.50. The second-order valence-electron chi connectivity index (χ2n) is 3.74. The van der Waals surface area contributed by atoms with Crippen LogP contribution in [0.4, 0.5) is 11.5 Å². The van der Waals surface area contributed by atoms with Crippen LogP contribution < -0.4 is 14.8 Å². The highest BCUT2D eigenvalue weighted by molar-refractivity contribution is 5.66. The molecule has 94 valence electrons. The minimum absolute atomic E-state index is 0.717. The first kappa shape index (κ1) is 12.2. The Kier molecular flexibility index (Phi) is 3.62. The second kappa shape index (κ2) is 5.35. The van der Waals surface area contributed by atoms with Gasteiger partial charge in [-0.1, -0.05) is 0 Å². The fourth-order valence-electron chi connectivity index (χ4n) is 1.57. The van der Waals surface area contributed by atoms with Crippen LogP contribution in [0.5, 0.6) is 11.5 Å². The molecule has 0 saturated carbocycles. The normalized spacial score (nSPS) is 9.94. The van der Waals surface area contributed by atoms with E-state index >= 15 is 0 Å². The average Bonchev–Trinajstić information content (AvgIpc) is 2.38. The van der Waals surface area contributed by atoms with Crippen molar-refractivity contribution in [2.24, 2.45) is 0 Å². The number of nitrogens with one attached hydrogen (secondary N) is 1. The van der Waals surface area contributed by atoms with Crippen molar-refractivity contribution < 1.29 is 9.47 Å². The lowest BCUT2D eigenvalue weighted by Gasteiger charge is -2.12. The van der Waals surface area contributed by atoms with Gasteiger partial charge in [0.15, 0.2) is 0 Å². The molecule has 0 unspecified atom stereocenters. The van der Waals surface area contributed by atoms with Gasteiger partial charge in [-0.05, 0) is 19.1 Å². The molecule has 0 atom stereocenters. The average molecular weight is 245 g/mol. The lowest BCUT2D eigenvalue weighted by molar-refractivity contribution is 0.405. The van der Waals surface area contributed by atoms with E-state index in [0.717, 1.165) is 22.9 Å². The van der Waals surface area contributed by atoms with Crippen LogP contribution in [-0.2, 0) is 0 Å². The van der Waals surface area contributed by atoms with Gasteiger partial charge in [0.25, 0.3) is 0 Å². The Morgan fingerprint density at radius 1 is 1.06 bits per heavy atom. The largest absolute Gasteiger partial charge is 0.497 e. The Morgan fingerprint density at radius 2 is 1.89 bits per heavy atom. The van der Waals surface area contributed by atoms with Crippen molar-refractivity contribution >= 4 is 11.5 Å².